The molecule has 0 bridgehead atoms. The molecule has 8 heavy (non-hydrogen) atoms. The monoisotopic (exact) mass is 112 g/mol. The van der Waals surface area contributed by atoms with Crippen molar-refractivity contribution in [1.29, 1.82) is 0 Å². The lowest BCUT2D eigenvalue weighted by Crippen LogP contribution is -2.14. The van der Waals surface area contributed by atoms with Crippen molar-refractivity contribution in [3.8, 4) is 0 Å². The largest absolute Gasteiger partial charge is 0.481 e. The van der Waals surface area contributed by atoms with Gasteiger partial charge in [0, 0.05) is 6.20 Å². The molecule has 3 nitrogen and oxygen atoms in total. The third kappa shape index (κ3) is 0.804. The van der Waals surface area contributed by atoms with E-state index in [1.54, 1.807) is 12.3 Å². The Kier molecular flexibility index (Phi) is 1.20. The third-order valence-corrected chi connectivity index (χ3v) is 1.04. The first kappa shape index (κ1) is 5.15. The van der Waals surface area contributed by atoms with E-state index in [1.807, 2.05) is 0 Å². The lowest BCUT2D eigenvalue weighted by molar-refractivity contribution is -0.139. The number of carboxylic acids is 1. The predicted molar refractivity (Wildman–Crippen MR) is 27.3 cm³/mol. The van der Waals surface area contributed by atoms with Crippen LogP contribution < -0.4 is 5.32 Å². The number of hydrogen-bond acceptors (Lipinski definition) is 1. The predicted octanol–water partition coefficient (Wildman–Crippen LogP) is -0.181. The zero-order chi connectivity index (χ0) is 5.98. The summed E-state index contributed by atoms with van der Waals surface area (Å²) in [5.41, 5.74) is 0. The maximum absolute atomic E-state index is 10.1. The quantitative estimate of drug-likeness (QED) is 0.511. The molecule has 0 fully saturated rings. The van der Waals surface area contributed by atoms with Crippen LogP contribution in [0.1, 0.15) is 0 Å². The molecule has 0 aromatic carbocycles. The van der Waals surface area contributed by atoms with Gasteiger partial charge >= 0.3 is 5.97 Å². The fraction of sp³-hybridized carbons (Fsp3) is 0.400. The molecule has 0 aliphatic carbocycles. The van der Waals surface area contributed by atoms with Gasteiger partial charge in [-0.15, -0.1) is 0 Å². The highest BCUT2D eigenvalue weighted by molar-refractivity contribution is 5.72. The molecule has 1 rings (SSSR count). The molecule has 0 saturated carbocycles. The second-order valence-corrected chi connectivity index (χ2v) is 1.65. The Bertz CT molecular complexity index is 130. The zero-order valence-corrected chi connectivity index (χ0v) is 4.24. The van der Waals surface area contributed by atoms with Gasteiger partial charge in [0.05, 0.1) is 12.5 Å². The smallest absolute Gasteiger partial charge is 0.312 e. The Morgan fingerprint density at radius 3 is 2.88 bits per heavy atom. The van der Waals surface area contributed by atoms with E-state index in [-0.39, 0.29) is 5.92 Å². The van der Waals surface area contributed by atoms with Crippen LogP contribution in [0.2, 0.25) is 0 Å². The van der Waals surface area contributed by atoms with Crippen LogP contribution in [0, 0.1) is 5.92 Å². The van der Waals surface area contributed by atoms with Gasteiger partial charge in [-0.3, -0.25) is 10.1 Å². The summed E-state index contributed by atoms with van der Waals surface area (Å²) in [4.78, 5) is 10.1. The maximum atomic E-state index is 10.1. The minimum absolute atomic E-state index is 0.366. The number of rotatable bonds is 1. The Morgan fingerprint density at radius 1 is 1.88 bits per heavy atom. The zero-order valence-electron chi connectivity index (χ0n) is 4.24. The van der Waals surface area contributed by atoms with Gasteiger partial charge in [-0.1, -0.05) is 6.08 Å². The Morgan fingerprint density at radius 2 is 2.62 bits per heavy atom. The average molecular weight is 112 g/mol. The van der Waals surface area contributed by atoms with E-state index in [2.05, 4.69) is 5.32 Å². The van der Waals surface area contributed by atoms with E-state index in [4.69, 9.17) is 5.11 Å². The van der Waals surface area contributed by atoms with Crippen molar-refractivity contribution in [2.24, 2.45) is 5.92 Å². The number of hydrogen-bond donors (Lipinski definition) is 1. The maximum Gasteiger partial charge on any atom is 0.312 e. The molecule has 1 aliphatic rings. The van der Waals surface area contributed by atoms with E-state index in [9.17, 15) is 4.79 Å². The van der Waals surface area contributed by atoms with Gasteiger partial charge < -0.3 is 5.11 Å². The molecule has 0 spiro atoms. The molecule has 1 atom stereocenters. The van der Waals surface area contributed by atoms with E-state index in [1.165, 1.54) is 0 Å². The molecule has 1 radical (unpaired) electrons. The first-order valence-corrected chi connectivity index (χ1v) is 2.37. The molecule has 1 N–H and O–H groups in total. The lowest BCUT2D eigenvalue weighted by atomic mass is 10.2. The van der Waals surface area contributed by atoms with Gasteiger partial charge in [-0.05, 0) is 0 Å². The van der Waals surface area contributed by atoms with Gasteiger partial charge in [0.2, 0.25) is 0 Å². The molecule has 0 aromatic rings. The number of nitrogens with zero attached hydrogens (tertiary/aromatic N) is 1. The van der Waals surface area contributed by atoms with Gasteiger partial charge in [-0.25, -0.2) is 0 Å². The van der Waals surface area contributed by atoms with E-state index >= 15 is 0 Å². The standard InChI is InChI=1S/C5H6NO2/c7-5(8)4-1-2-6-3-4/h1-2,4H,3H2,(H,7,8). The SMILES string of the molecule is O=C(O)C1C=C[N]C1. The second-order valence-electron chi connectivity index (χ2n) is 1.65. The van der Waals surface area contributed by atoms with Crippen molar-refractivity contribution in [3.05, 3.63) is 12.3 Å². The third-order valence-electron chi connectivity index (χ3n) is 1.04. The van der Waals surface area contributed by atoms with Crippen LogP contribution in [0.25, 0.3) is 0 Å². The van der Waals surface area contributed by atoms with E-state index in [0.29, 0.717) is 6.54 Å². The van der Waals surface area contributed by atoms with Gasteiger partial charge in [0.1, 0.15) is 0 Å². The minimum atomic E-state index is -0.789. The summed E-state index contributed by atoms with van der Waals surface area (Å²) < 4.78 is 0. The molecule has 1 heterocycles. The molecular formula is C5H6NO2. The summed E-state index contributed by atoms with van der Waals surface area (Å²) in [6.07, 6.45) is 3.13. The minimum Gasteiger partial charge on any atom is -0.481 e. The van der Waals surface area contributed by atoms with Crippen LogP contribution in [0.4, 0.5) is 0 Å². The first-order chi connectivity index (χ1) is 3.80. The topological polar surface area (TPSA) is 51.4 Å². The summed E-state index contributed by atoms with van der Waals surface area (Å²) in [5.74, 6) is -1.16. The molecule has 1 unspecified atom stereocenters. The summed E-state index contributed by atoms with van der Waals surface area (Å²) in [5, 5.41) is 12.0. The van der Waals surface area contributed by atoms with Gasteiger partial charge in [0.25, 0.3) is 0 Å². The Balaban J connectivity index is 2.48. The fourth-order valence-electron chi connectivity index (χ4n) is 0.560. The highest BCUT2D eigenvalue weighted by atomic mass is 16.4. The second kappa shape index (κ2) is 1.86. The molecular weight excluding hydrogens is 106 g/mol. The number of aliphatic carboxylic acids is 1. The summed E-state index contributed by atoms with van der Waals surface area (Å²) in [7, 11) is 0. The fourth-order valence-corrected chi connectivity index (χ4v) is 0.560. The number of carbonyl (C=O) groups is 1. The highest BCUT2D eigenvalue weighted by Gasteiger charge is 2.16. The highest BCUT2D eigenvalue weighted by Crippen LogP contribution is 2.02. The van der Waals surface area contributed by atoms with Crippen molar-refractivity contribution < 1.29 is 9.90 Å². The van der Waals surface area contributed by atoms with Crippen molar-refractivity contribution in [3.63, 3.8) is 0 Å². The van der Waals surface area contributed by atoms with Crippen LogP contribution in [-0.2, 0) is 4.79 Å². The van der Waals surface area contributed by atoms with Gasteiger partial charge in [0.15, 0.2) is 0 Å². The van der Waals surface area contributed by atoms with E-state index < -0.39 is 5.97 Å². The summed E-state index contributed by atoms with van der Waals surface area (Å²) >= 11 is 0. The van der Waals surface area contributed by atoms with Crippen LogP contribution >= 0.6 is 0 Å². The Hall–Kier alpha value is -0.990. The van der Waals surface area contributed by atoms with Crippen molar-refractivity contribution >= 4 is 5.97 Å². The van der Waals surface area contributed by atoms with Gasteiger partial charge in [-0.2, -0.15) is 0 Å². The van der Waals surface area contributed by atoms with Crippen LogP contribution in [0.5, 0.6) is 0 Å². The van der Waals surface area contributed by atoms with Crippen molar-refractivity contribution in [1.82, 2.24) is 5.32 Å². The molecule has 43 valence electrons. The number of carboxylic acid groups (broad SMARTS) is 1. The first-order valence-electron chi connectivity index (χ1n) is 2.37. The molecule has 0 aromatic heterocycles. The van der Waals surface area contributed by atoms with Crippen LogP contribution in [-0.4, -0.2) is 17.6 Å². The lowest BCUT2D eigenvalue weighted by Gasteiger charge is -1.94. The molecule has 0 amide bonds. The van der Waals surface area contributed by atoms with Crippen LogP contribution in [0.15, 0.2) is 12.3 Å². The van der Waals surface area contributed by atoms with Crippen molar-refractivity contribution in [2.45, 2.75) is 0 Å². The van der Waals surface area contributed by atoms with Crippen LogP contribution in [0.3, 0.4) is 0 Å². The molecule has 0 saturated heterocycles. The van der Waals surface area contributed by atoms with E-state index in [0.717, 1.165) is 0 Å². The summed E-state index contributed by atoms with van der Waals surface area (Å²) in [6, 6.07) is 0. The average Bonchev–Trinajstić information content (AvgIpc) is 2.12. The molecule has 3 heteroatoms. The normalized spacial score (nSPS) is 25.2. The molecule has 1 aliphatic heterocycles. The summed E-state index contributed by atoms with van der Waals surface area (Å²) in [6.45, 7) is 0.412. The Labute approximate surface area is 47.0 Å². The van der Waals surface area contributed by atoms with Crippen molar-refractivity contribution in [2.75, 3.05) is 6.54 Å².